The van der Waals surface area contributed by atoms with Gasteiger partial charge in [0, 0.05) is 6.54 Å². The third kappa shape index (κ3) is 2.99. The zero-order chi connectivity index (χ0) is 14.8. The summed E-state index contributed by atoms with van der Waals surface area (Å²) in [6.45, 7) is 7.55. The molecule has 0 aliphatic rings. The van der Waals surface area contributed by atoms with Gasteiger partial charge in [-0.2, -0.15) is 17.9 Å². The van der Waals surface area contributed by atoms with E-state index in [2.05, 4.69) is 55.1 Å². The third-order valence-corrected chi connectivity index (χ3v) is 4.26. The Kier molecular flexibility index (Phi) is 4.39. The lowest BCUT2D eigenvalue weighted by molar-refractivity contribution is 0.239. The van der Waals surface area contributed by atoms with E-state index in [0.29, 0.717) is 12.3 Å². The van der Waals surface area contributed by atoms with Crippen molar-refractivity contribution >= 4 is 23.7 Å². The SMILES string of the molecule is CC(C)(C)C(CS)Cn1c(CC#N)nc2ccccc21. The van der Waals surface area contributed by atoms with Gasteiger partial charge in [-0.05, 0) is 29.2 Å². The van der Waals surface area contributed by atoms with E-state index in [1.165, 1.54) is 0 Å². The van der Waals surface area contributed by atoms with E-state index in [1.54, 1.807) is 0 Å². The van der Waals surface area contributed by atoms with Crippen LogP contribution in [0.2, 0.25) is 0 Å². The number of benzene rings is 1. The van der Waals surface area contributed by atoms with Crippen molar-refractivity contribution in [1.82, 2.24) is 9.55 Å². The number of imidazole rings is 1. The molecule has 0 N–H and O–H groups in total. The number of hydrogen-bond acceptors (Lipinski definition) is 3. The van der Waals surface area contributed by atoms with Crippen LogP contribution in [0.1, 0.15) is 26.6 Å². The lowest BCUT2D eigenvalue weighted by Gasteiger charge is -2.30. The van der Waals surface area contributed by atoms with Gasteiger partial charge in [-0.1, -0.05) is 32.9 Å². The van der Waals surface area contributed by atoms with Crippen LogP contribution >= 0.6 is 12.6 Å². The van der Waals surface area contributed by atoms with Crippen LogP contribution in [0.15, 0.2) is 24.3 Å². The van der Waals surface area contributed by atoms with Crippen LogP contribution in [0.3, 0.4) is 0 Å². The molecule has 1 unspecified atom stereocenters. The maximum atomic E-state index is 9.00. The lowest BCUT2D eigenvalue weighted by atomic mass is 9.82. The first-order valence-corrected chi connectivity index (χ1v) is 7.52. The van der Waals surface area contributed by atoms with Gasteiger partial charge in [0.2, 0.25) is 0 Å². The average molecular weight is 287 g/mol. The minimum absolute atomic E-state index is 0.178. The average Bonchev–Trinajstić information content (AvgIpc) is 2.72. The highest BCUT2D eigenvalue weighted by molar-refractivity contribution is 7.80. The van der Waals surface area contributed by atoms with Crippen molar-refractivity contribution in [3.05, 3.63) is 30.1 Å². The minimum atomic E-state index is 0.178. The van der Waals surface area contributed by atoms with Crippen LogP contribution in [-0.2, 0) is 13.0 Å². The van der Waals surface area contributed by atoms with Gasteiger partial charge in [-0.3, -0.25) is 0 Å². The fourth-order valence-corrected chi connectivity index (χ4v) is 3.02. The van der Waals surface area contributed by atoms with Crippen molar-refractivity contribution in [1.29, 1.82) is 5.26 Å². The summed E-state index contributed by atoms with van der Waals surface area (Å²) in [5, 5.41) is 9.00. The molecule has 1 aromatic heterocycles. The molecule has 2 aromatic rings. The molecule has 4 heteroatoms. The van der Waals surface area contributed by atoms with Crippen molar-refractivity contribution in [2.24, 2.45) is 11.3 Å². The Hall–Kier alpha value is -1.47. The summed E-state index contributed by atoms with van der Waals surface area (Å²) in [7, 11) is 0. The molecule has 0 radical (unpaired) electrons. The summed E-state index contributed by atoms with van der Waals surface area (Å²) in [5.74, 6) is 2.10. The number of nitrogens with zero attached hydrogens (tertiary/aromatic N) is 3. The second-order valence-electron chi connectivity index (χ2n) is 6.21. The molecule has 1 heterocycles. The number of rotatable bonds is 4. The van der Waals surface area contributed by atoms with Crippen LogP contribution in [0.25, 0.3) is 11.0 Å². The number of thiol groups is 1. The molecule has 0 spiro atoms. The van der Waals surface area contributed by atoms with Gasteiger partial charge in [0.15, 0.2) is 0 Å². The summed E-state index contributed by atoms with van der Waals surface area (Å²) in [5.41, 5.74) is 2.25. The van der Waals surface area contributed by atoms with E-state index in [4.69, 9.17) is 5.26 Å². The fraction of sp³-hybridized carbons (Fsp3) is 0.500. The van der Waals surface area contributed by atoms with Gasteiger partial charge in [0.05, 0.1) is 23.5 Å². The Balaban J connectivity index is 2.46. The number of fused-ring (bicyclic) bond motifs is 1. The molecule has 1 aromatic carbocycles. The molecular weight excluding hydrogens is 266 g/mol. The number of hydrogen-bond donors (Lipinski definition) is 1. The Labute approximate surface area is 126 Å². The number of nitriles is 1. The predicted octanol–water partition coefficient (Wildman–Crippen LogP) is 3.69. The van der Waals surface area contributed by atoms with Crippen molar-refractivity contribution in [2.75, 3.05) is 5.75 Å². The molecule has 0 aliphatic carbocycles. The van der Waals surface area contributed by atoms with Crippen molar-refractivity contribution in [3.63, 3.8) is 0 Å². The molecule has 0 saturated heterocycles. The fourth-order valence-electron chi connectivity index (χ4n) is 2.36. The largest absolute Gasteiger partial charge is 0.327 e. The molecule has 0 amide bonds. The summed E-state index contributed by atoms with van der Waals surface area (Å²) in [6, 6.07) is 10.3. The molecule has 1 atom stereocenters. The van der Waals surface area contributed by atoms with Gasteiger partial charge in [0.25, 0.3) is 0 Å². The first-order chi connectivity index (χ1) is 9.47. The standard InChI is InChI=1S/C16H21N3S/c1-16(2,3)12(11-20)10-19-14-7-5-4-6-13(14)18-15(19)8-9-17/h4-7,12,20H,8,10-11H2,1-3H3. The molecule has 0 bridgehead atoms. The van der Waals surface area contributed by atoms with E-state index < -0.39 is 0 Å². The zero-order valence-corrected chi connectivity index (χ0v) is 13.2. The van der Waals surface area contributed by atoms with Gasteiger partial charge in [0.1, 0.15) is 5.82 Å². The van der Waals surface area contributed by atoms with Gasteiger partial charge in [-0.15, -0.1) is 0 Å². The summed E-state index contributed by atoms with van der Waals surface area (Å²) < 4.78 is 2.19. The van der Waals surface area contributed by atoms with Crippen molar-refractivity contribution in [2.45, 2.75) is 33.7 Å². The van der Waals surface area contributed by atoms with Gasteiger partial charge < -0.3 is 4.57 Å². The number of aromatic nitrogens is 2. The maximum absolute atomic E-state index is 9.00. The van der Waals surface area contributed by atoms with Crippen LogP contribution < -0.4 is 0 Å². The van der Waals surface area contributed by atoms with Gasteiger partial charge in [-0.25, -0.2) is 4.98 Å². The molecule has 20 heavy (non-hydrogen) atoms. The quantitative estimate of drug-likeness (QED) is 0.871. The number of para-hydroxylation sites is 2. The van der Waals surface area contributed by atoms with Crippen molar-refractivity contribution in [3.8, 4) is 6.07 Å². The third-order valence-electron chi connectivity index (χ3n) is 3.82. The zero-order valence-electron chi connectivity index (χ0n) is 12.3. The second kappa shape index (κ2) is 5.88. The smallest absolute Gasteiger partial charge is 0.124 e. The monoisotopic (exact) mass is 287 g/mol. The van der Waals surface area contributed by atoms with Crippen LogP contribution in [0.4, 0.5) is 0 Å². The Morgan fingerprint density at radius 3 is 2.65 bits per heavy atom. The Bertz CT molecular complexity index is 631. The highest BCUT2D eigenvalue weighted by Crippen LogP contribution is 2.30. The van der Waals surface area contributed by atoms with Crippen LogP contribution in [-0.4, -0.2) is 15.3 Å². The van der Waals surface area contributed by atoms with Crippen molar-refractivity contribution < 1.29 is 0 Å². The molecule has 106 valence electrons. The first kappa shape index (κ1) is 14.9. The minimum Gasteiger partial charge on any atom is -0.327 e. The van der Waals surface area contributed by atoms with E-state index in [1.807, 2.05) is 18.2 Å². The molecule has 0 aliphatic heterocycles. The van der Waals surface area contributed by atoms with E-state index in [9.17, 15) is 0 Å². The highest BCUT2D eigenvalue weighted by atomic mass is 32.1. The maximum Gasteiger partial charge on any atom is 0.124 e. The molecule has 0 saturated carbocycles. The van der Waals surface area contributed by atoms with E-state index >= 15 is 0 Å². The highest BCUT2D eigenvalue weighted by Gasteiger charge is 2.25. The topological polar surface area (TPSA) is 41.6 Å². The predicted molar refractivity (Wildman–Crippen MR) is 85.8 cm³/mol. The first-order valence-electron chi connectivity index (χ1n) is 6.89. The van der Waals surface area contributed by atoms with Crippen LogP contribution in [0, 0.1) is 22.7 Å². The Morgan fingerprint density at radius 2 is 2.05 bits per heavy atom. The molecular formula is C16H21N3S. The van der Waals surface area contributed by atoms with E-state index in [-0.39, 0.29) is 5.41 Å². The summed E-state index contributed by atoms with van der Waals surface area (Å²) in [4.78, 5) is 4.59. The second-order valence-corrected chi connectivity index (χ2v) is 6.57. The normalized spacial score (nSPS) is 13.3. The van der Waals surface area contributed by atoms with Gasteiger partial charge >= 0.3 is 0 Å². The molecule has 2 rings (SSSR count). The summed E-state index contributed by atoms with van der Waals surface area (Å²) in [6.07, 6.45) is 0.345. The van der Waals surface area contributed by atoms with E-state index in [0.717, 1.165) is 29.2 Å². The molecule has 0 fully saturated rings. The summed E-state index contributed by atoms with van der Waals surface area (Å²) >= 11 is 4.50. The lowest BCUT2D eigenvalue weighted by Crippen LogP contribution is -2.27. The molecule has 3 nitrogen and oxygen atoms in total. The van der Waals surface area contributed by atoms with Crippen LogP contribution in [0.5, 0.6) is 0 Å². The Morgan fingerprint density at radius 1 is 1.35 bits per heavy atom.